The first-order valence-electron chi connectivity index (χ1n) is 5.35. The minimum absolute atomic E-state index is 0. The van der Waals surface area contributed by atoms with Crippen LogP contribution in [0.15, 0.2) is 29.2 Å². The smallest absolute Gasteiger partial charge is 0.434 e. The van der Waals surface area contributed by atoms with Crippen LogP contribution in [0, 0.1) is 0 Å². The molecule has 0 amide bonds. The minimum Gasteiger partial charge on any atom is -0.434 e. The summed E-state index contributed by atoms with van der Waals surface area (Å²) in [5.74, 6) is 0.142. The van der Waals surface area contributed by atoms with Gasteiger partial charge in [0.1, 0.15) is 5.75 Å². The molecular formula is C11H14NaO6S. The van der Waals surface area contributed by atoms with Gasteiger partial charge < -0.3 is 9.47 Å². The van der Waals surface area contributed by atoms with Crippen molar-refractivity contribution in [2.75, 3.05) is 6.61 Å². The number of hydrogen-bond donors (Lipinski definition) is 1. The topological polar surface area (TPSA) is 89.9 Å². The summed E-state index contributed by atoms with van der Waals surface area (Å²) >= 11 is 0. The van der Waals surface area contributed by atoms with E-state index in [9.17, 15) is 13.2 Å². The Labute approximate surface area is 134 Å². The van der Waals surface area contributed by atoms with Gasteiger partial charge in [-0.3, -0.25) is 4.55 Å². The molecule has 1 aromatic carbocycles. The molecule has 0 spiro atoms. The van der Waals surface area contributed by atoms with Crippen molar-refractivity contribution in [2.45, 2.75) is 24.7 Å². The third kappa shape index (κ3) is 6.93. The number of rotatable bonds is 5. The maximum Gasteiger partial charge on any atom is 0.513 e. The Morgan fingerprint density at radius 2 is 1.84 bits per heavy atom. The molecule has 1 aromatic rings. The fraction of sp³-hybridized carbons (Fsp3) is 0.364. The Bertz CT molecular complexity index is 496. The first-order chi connectivity index (χ1) is 8.43. The van der Waals surface area contributed by atoms with E-state index in [1.807, 2.05) is 6.92 Å². The van der Waals surface area contributed by atoms with E-state index < -0.39 is 16.3 Å². The van der Waals surface area contributed by atoms with Crippen molar-refractivity contribution in [2.24, 2.45) is 0 Å². The van der Waals surface area contributed by atoms with Crippen molar-refractivity contribution in [3.63, 3.8) is 0 Å². The average molecular weight is 297 g/mol. The largest absolute Gasteiger partial charge is 0.513 e. The monoisotopic (exact) mass is 297 g/mol. The second-order valence-corrected chi connectivity index (χ2v) is 4.92. The maximum absolute atomic E-state index is 11.2. The predicted molar refractivity (Wildman–Crippen MR) is 68.9 cm³/mol. The number of unbranched alkanes of at least 4 members (excludes halogenated alkanes) is 1. The summed E-state index contributed by atoms with van der Waals surface area (Å²) in [6, 6.07) is 4.77. The fourth-order valence-electron chi connectivity index (χ4n) is 1.11. The molecule has 0 atom stereocenters. The van der Waals surface area contributed by atoms with Crippen molar-refractivity contribution >= 4 is 45.8 Å². The molecule has 0 aromatic heterocycles. The van der Waals surface area contributed by atoms with Crippen LogP contribution < -0.4 is 4.74 Å². The molecule has 101 valence electrons. The SMILES string of the molecule is CCCCOC(=O)Oc1ccc(S(=O)(=O)O)cc1.[Na]. The van der Waals surface area contributed by atoms with Crippen LogP contribution in [0.1, 0.15) is 19.8 Å². The van der Waals surface area contributed by atoms with Gasteiger partial charge in [0.2, 0.25) is 0 Å². The van der Waals surface area contributed by atoms with E-state index in [0.717, 1.165) is 25.0 Å². The average Bonchev–Trinajstić information content (AvgIpc) is 2.29. The van der Waals surface area contributed by atoms with Crippen molar-refractivity contribution in [3.05, 3.63) is 24.3 Å². The van der Waals surface area contributed by atoms with Crippen LogP contribution >= 0.6 is 0 Å². The van der Waals surface area contributed by atoms with E-state index in [1.54, 1.807) is 0 Å². The van der Waals surface area contributed by atoms with Gasteiger partial charge in [-0.1, -0.05) is 13.3 Å². The first kappa shape index (κ1) is 18.4. The summed E-state index contributed by atoms with van der Waals surface area (Å²) in [5, 5.41) is 0. The van der Waals surface area contributed by atoms with Gasteiger partial charge in [-0.25, -0.2) is 4.79 Å². The molecule has 1 rings (SSSR count). The van der Waals surface area contributed by atoms with Gasteiger partial charge >= 0.3 is 6.16 Å². The number of benzene rings is 1. The van der Waals surface area contributed by atoms with Gasteiger partial charge in [-0.2, -0.15) is 8.42 Å². The molecule has 0 heterocycles. The number of ether oxygens (including phenoxy) is 2. The Kier molecular flexibility index (Phi) is 8.28. The molecule has 0 fully saturated rings. The molecule has 19 heavy (non-hydrogen) atoms. The van der Waals surface area contributed by atoms with E-state index >= 15 is 0 Å². The van der Waals surface area contributed by atoms with E-state index in [0.29, 0.717) is 0 Å². The Morgan fingerprint density at radius 1 is 1.26 bits per heavy atom. The number of hydrogen-bond acceptors (Lipinski definition) is 5. The molecule has 0 aliphatic rings. The summed E-state index contributed by atoms with van der Waals surface area (Å²) in [6.07, 6.45) is 0.802. The van der Waals surface area contributed by atoms with Gasteiger partial charge in [-0.15, -0.1) is 0 Å². The van der Waals surface area contributed by atoms with E-state index in [-0.39, 0.29) is 46.8 Å². The van der Waals surface area contributed by atoms with Gasteiger partial charge in [0.25, 0.3) is 10.1 Å². The molecule has 0 aliphatic heterocycles. The third-order valence-corrected chi connectivity index (χ3v) is 2.91. The predicted octanol–water partition coefficient (Wildman–Crippen LogP) is 1.87. The molecule has 0 saturated heterocycles. The number of carbonyl (C=O) groups excluding carboxylic acids is 1. The molecule has 0 bridgehead atoms. The second-order valence-electron chi connectivity index (χ2n) is 3.50. The zero-order valence-corrected chi connectivity index (χ0v) is 13.6. The van der Waals surface area contributed by atoms with Crippen LogP contribution in [0.2, 0.25) is 0 Å². The molecule has 1 radical (unpaired) electrons. The van der Waals surface area contributed by atoms with E-state index in [4.69, 9.17) is 14.0 Å². The molecule has 0 saturated carbocycles. The first-order valence-corrected chi connectivity index (χ1v) is 6.79. The van der Waals surface area contributed by atoms with Crippen molar-refractivity contribution in [1.29, 1.82) is 0 Å². The second kappa shape index (κ2) is 8.55. The summed E-state index contributed by atoms with van der Waals surface area (Å²) in [6.45, 7) is 2.24. The Hall–Kier alpha value is -0.600. The fourth-order valence-corrected chi connectivity index (χ4v) is 1.59. The van der Waals surface area contributed by atoms with Crippen LogP contribution in [0.5, 0.6) is 5.75 Å². The van der Waals surface area contributed by atoms with Crippen LogP contribution in [0.25, 0.3) is 0 Å². The Morgan fingerprint density at radius 3 is 2.32 bits per heavy atom. The van der Waals surface area contributed by atoms with Gasteiger partial charge in [0.15, 0.2) is 0 Å². The molecule has 1 N–H and O–H groups in total. The van der Waals surface area contributed by atoms with Crippen LogP contribution in [0.3, 0.4) is 0 Å². The quantitative estimate of drug-likeness (QED) is 0.293. The molecule has 0 aliphatic carbocycles. The van der Waals surface area contributed by atoms with Crippen molar-refractivity contribution in [3.8, 4) is 5.75 Å². The van der Waals surface area contributed by atoms with Crippen LogP contribution in [-0.4, -0.2) is 55.3 Å². The van der Waals surface area contributed by atoms with E-state index in [1.165, 1.54) is 12.1 Å². The van der Waals surface area contributed by atoms with Crippen LogP contribution in [0.4, 0.5) is 4.79 Å². The third-order valence-electron chi connectivity index (χ3n) is 2.04. The minimum atomic E-state index is -4.24. The molecular weight excluding hydrogens is 283 g/mol. The van der Waals surface area contributed by atoms with E-state index in [2.05, 4.69) is 0 Å². The summed E-state index contributed by atoms with van der Waals surface area (Å²) < 4.78 is 39.8. The summed E-state index contributed by atoms with van der Waals surface area (Å²) in [7, 11) is -4.24. The molecule has 8 heteroatoms. The van der Waals surface area contributed by atoms with Crippen LogP contribution in [-0.2, 0) is 14.9 Å². The Balaban J connectivity index is 0.00000324. The summed E-state index contributed by atoms with van der Waals surface area (Å²) in [5.41, 5.74) is 0. The molecule has 0 unspecified atom stereocenters. The summed E-state index contributed by atoms with van der Waals surface area (Å²) in [4.78, 5) is 10.9. The van der Waals surface area contributed by atoms with Gasteiger partial charge in [0, 0.05) is 29.6 Å². The van der Waals surface area contributed by atoms with Gasteiger partial charge in [0.05, 0.1) is 11.5 Å². The number of carbonyl (C=O) groups is 1. The normalized spacial score (nSPS) is 10.4. The zero-order valence-electron chi connectivity index (χ0n) is 10.8. The molecule has 6 nitrogen and oxygen atoms in total. The standard InChI is InChI=1S/C11H14O6S.Na/c1-2-3-8-16-11(12)17-9-4-6-10(7-5-9)18(13,14)15;/h4-7H,2-3,8H2,1H3,(H,13,14,15);. The van der Waals surface area contributed by atoms with Crippen molar-refractivity contribution in [1.82, 2.24) is 0 Å². The van der Waals surface area contributed by atoms with Crippen molar-refractivity contribution < 1.29 is 27.2 Å². The zero-order chi connectivity index (χ0) is 13.6. The van der Waals surface area contributed by atoms with Gasteiger partial charge in [-0.05, 0) is 30.7 Å². The maximum atomic E-state index is 11.2.